The van der Waals surface area contributed by atoms with Crippen molar-refractivity contribution in [2.75, 3.05) is 39.5 Å². The molecule has 1 aromatic carbocycles. The summed E-state index contributed by atoms with van der Waals surface area (Å²) in [4.78, 5) is 9.06. The zero-order valence-electron chi connectivity index (χ0n) is 12.1. The number of nitrogens with zero attached hydrogens (tertiary/aromatic N) is 4. The van der Waals surface area contributed by atoms with Crippen LogP contribution in [0.1, 0.15) is 11.9 Å². The minimum atomic E-state index is 0.151. The summed E-state index contributed by atoms with van der Waals surface area (Å²) in [6, 6.07) is 5.78. The lowest BCUT2D eigenvalue weighted by Crippen LogP contribution is -2.45. The quantitative estimate of drug-likeness (QED) is 0.834. The molecule has 0 aliphatic carbocycles. The van der Waals surface area contributed by atoms with E-state index < -0.39 is 0 Å². The van der Waals surface area contributed by atoms with Gasteiger partial charge in [0.05, 0.1) is 11.6 Å². The molecule has 1 aliphatic heterocycles. The molecule has 0 saturated carbocycles. The molecule has 1 saturated heterocycles. The molecular weight excluding hydrogens is 334 g/mol. The third-order valence-electron chi connectivity index (χ3n) is 3.83. The van der Waals surface area contributed by atoms with Crippen molar-refractivity contribution in [3.8, 4) is 11.5 Å². The van der Waals surface area contributed by atoms with Gasteiger partial charge >= 0.3 is 0 Å². The second kappa shape index (κ2) is 5.75. The van der Waals surface area contributed by atoms with Crippen LogP contribution >= 0.6 is 15.9 Å². The summed E-state index contributed by atoms with van der Waals surface area (Å²) in [5.74, 6) is 1.18. The Morgan fingerprint density at radius 2 is 2.14 bits per heavy atom. The Balaban J connectivity index is 1.89. The van der Waals surface area contributed by atoms with Crippen LogP contribution in [0.5, 0.6) is 0 Å². The van der Waals surface area contributed by atoms with E-state index in [9.17, 15) is 0 Å². The highest BCUT2D eigenvalue weighted by Crippen LogP contribution is 2.29. The number of anilines is 1. The molecule has 0 bridgehead atoms. The number of rotatable bonds is 2. The average molecular weight is 352 g/mol. The number of piperazine rings is 1. The van der Waals surface area contributed by atoms with Gasteiger partial charge in [-0.05, 0) is 32.3 Å². The first-order valence-corrected chi connectivity index (χ1v) is 7.61. The Bertz CT molecular complexity index is 644. The fourth-order valence-corrected chi connectivity index (χ4v) is 2.88. The molecule has 0 radical (unpaired) electrons. The molecule has 6 nitrogen and oxygen atoms in total. The number of nitrogens with two attached hydrogens (primary N) is 1. The first-order chi connectivity index (χ1) is 10.0. The second-order valence-corrected chi connectivity index (χ2v) is 6.36. The molecule has 0 amide bonds. The van der Waals surface area contributed by atoms with E-state index in [1.165, 1.54) is 0 Å². The van der Waals surface area contributed by atoms with Crippen molar-refractivity contribution in [3.63, 3.8) is 0 Å². The van der Waals surface area contributed by atoms with E-state index in [1.54, 1.807) is 0 Å². The molecule has 1 fully saturated rings. The number of benzene rings is 1. The Hall–Kier alpha value is -1.44. The number of nitrogen functional groups attached to an aromatic ring is 1. The minimum absolute atomic E-state index is 0.151. The summed E-state index contributed by atoms with van der Waals surface area (Å²) in [5, 5.41) is 4.14. The van der Waals surface area contributed by atoms with Gasteiger partial charge in [-0.25, -0.2) is 0 Å². The van der Waals surface area contributed by atoms with Gasteiger partial charge in [-0.3, -0.25) is 4.90 Å². The third kappa shape index (κ3) is 2.95. The maximum Gasteiger partial charge on any atom is 0.260 e. The molecule has 0 spiro atoms. The Morgan fingerprint density at radius 1 is 1.33 bits per heavy atom. The van der Waals surface area contributed by atoms with Crippen molar-refractivity contribution in [1.29, 1.82) is 0 Å². The van der Waals surface area contributed by atoms with Gasteiger partial charge in [0, 0.05) is 29.8 Å². The Labute approximate surface area is 132 Å². The maximum absolute atomic E-state index is 6.01. The first kappa shape index (κ1) is 14.5. The summed E-state index contributed by atoms with van der Waals surface area (Å²) in [5.41, 5.74) is 7.40. The van der Waals surface area contributed by atoms with E-state index in [0.717, 1.165) is 29.7 Å². The smallest absolute Gasteiger partial charge is 0.260 e. The molecular formula is C14H18BrN5O. The highest BCUT2D eigenvalue weighted by atomic mass is 79.9. The monoisotopic (exact) mass is 351 g/mol. The number of aromatic nitrogens is 2. The summed E-state index contributed by atoms with van der Waals surface area (Å²) in [6.45, 7) is 2.94. The minimum Gasteiger partial charge on any atom is -0.398 e. The Morgan fingerprint density at radius 3 is 2.90 bits per heavy atom. The molecule has 1 aliphatic rings. The fourth-order valence-electron chi connectivity index (χ4n) is 2.50. The predicted molar refractivity (Wildman–Crippen MR) is 84.7 cm³/mol. The topological polar surface area (TPSA) is 71.4 Å². The third-order valence-corrected chi connectivity index (χ3v) is 4.33. The number of halogens is 1. The predicted octanol–water partition coefficient (Wildman–Crippen LogP) is 2.00. The van der Waals surface area contributed by atoms with Crippen molar-refractivity contribution < 1.29 is 4.52 Å². The lowest BCUT2D eigenvalue weighted by Gasteiger charge is -2.35. The second-order valence-electron chi connectivity index (χ2n) is 5.45. The zero-order valence-corrected chi connectivity index (χ0v) is 13.7. The summed E-state index contributed by atoms with van der Waals surface area (Å²) in [7, 11) is 4.19. The van der Waals surface area contributed by atoms with Gasteiger partial charge in [0.1, 0.15) is 0 Å². The number of hydrogen-bond donors (Lipinski definition) is 1. The van der Waals surface area contributed by atoms with Crippen LogP contribution in [0.25, 0.3) is 11.5 Å². The van der Waals surface area contributed by atoms with Crippen LogP contribution in [0, 0.1) is 0 Å². The van der Waals surface area contributed by atoms with E-state index in [2.05, 4.69) is 50.0 Å². The van der Waals surface area contributed by atoms with Crippen LogP contribution in [-0.4, -0.2) is 53.7 Å². The summed E-state index contributed by atoms with van der Waals surface area (Å²) < 4.78 is 6.33. The highest BCUT2D eigenvalue weighted by molar-refractivity contribution is 9.10. The van der Waals surface area contributed by atoms with Gasteiger partial charge in [-0.1, -0.05) is 21.1 Å². The van der Waals surface area contributed by atoms with Gasteiger partial charge in [-0.15, -0.1) is 0 Å². The largest absolute Gasteiger partial charge is 0.398 e. The Kier molecular flexibility index (Phi) is 3.97. The molecule has 21 heavy (non-hydrogen) atoms. The lowest BCUT2D eigenvalue weighted by molar-refractivity contribution is 0.108. The fraction of sp³-hybridized carbons (Fsp3) is 0.429. The summed E-state index contributed by atoms with van der Waals surface area (Å²) in [6.07, 6.45) is 0. The molecule has 1 atom stereocenters. The van der Waals surface area contributed by atoms with Crippen LogP contribution in [-0.2, 0) is 0 Å². The van der Waals surface area contributed by atoms with Gasteiger partial charge in [-0.2, -0.15) is 4.98 Å². The molecule has 3 rings (SSSR count). The van der Waals surface area contributed by atoms with E-state index in [-0.39, 0.29) is 6.04 Å². The molecule has 1 unspecified atom stereocenters. The van der Waals surface area contributed by atoms with Crippen LogP contribution in [0.3, 0.4) is 0 Å². The van der Waals surface area contributed by atoms with Crippen molar-refractivity contribution in [1.82, 2.24) is 19.9 Å². The van der Waals surface area contributed by atoms with E-state index in [4.69, 9.17) is 10.3 Å². The van der Waals surface area contributed by atoms with Crippen LogP contribution in [0.2, 0.25) is 0 Å². The molecule has 2 heterocycles. The maximum atomic E-state index is 6.01. The van der Waals surface area contributed by atoms with E-state index in [0.29, 0.717) is 17.4 Å². The van der Waals surface area contributed by atoms with E-state index >= 15 is 0 Å². The van der Waals surface area contributed by atoms with E-state index in [1.807, 2.05) is 18.2 Å². The standard InChI is InChI=1S/C14H18BrN5O/c1-19-5-6-20(2)12(8-19)13-17-14(21-18-13)10-4-3-9(15)7-11(10)16/h3-4,7,12H,5-6,8,16H2,1-2H3. The van der Waals surface area contributed by atoms with Crippen molar-refractivity contribution in [2.45, 2.75) is 6.04 Å². The molecule has 112 valence electrons. The van der Waals surface area contributed by atoms with Crippen molar-refractivity contribution in [3.05, 3.63) is 28.5 Å². The van der Waals surface area contributed by atoms with Crippen LogP contribution < -0.4 is 5.73 Å². The van der Waals surface area contributed by atoms with Gasteiger partial charge < -0.3 is 15.2 Å². The van der Waals surface area contributed by atoms with Crippen LogP contribution in [0.15, 0.2) is 27.2 Å². The van der Waals surface area contributed by atoms with Crippen LogP contribution in [0.4, 0.5) is 5.69 Å². The highest BCUT2D eigenvalue weighted by Gasteiger charge is 2.28. The first-order valence-electron chi connectivity index (χ1n) is 6.82. The summed E-state index contributed by atoms with van der Waals surface area (Å²) >= 11 is 3.39. The molecule has 2 aromatic rings. The average Bonchev–Trinajstić information content (AvgIpc) is 2.91. The molecule has 1 aromatic heterocycles. The van der Waals surface area contributed by atoms with Gasteiger partial charge in [0.15, 0.2) is 5.82 Å². The van der Waals surface area contributed by atoms with Gasteiger partial charge in [0.2, 0.25) is 0 Å². The van der Waals surface area contributed by atoms with Crippen molar-refractivity contribution in [2.24, 2.45) is 0 Å². The number of likely N-dealkylation sites (N-methyl/N-ethyl adjacent to an activating group) is 2. The number of hydrogen-bond acceptors (Lipinski definition) is 6. The zero-order chi connectivity index (χ0) is 15.0. The molecule has 2 N–H and O–H groups in total. The van der Waals surface area contributed by atoms with Gasteiger partial charge in [0.25, 0.3) is 5.89 Å². The SMILES string of the molecule is CN1CCN(C)C(c2noc(-c3ccc(Br)cc3N)n2)C1. The molecule has 7 heteroatoms. The lowest BCUT2D eigenvalue weighted by atomic mass is 10.1. The van der Waals surface area contributed by atoms with Crippen molar-refractivity contribution >= 4 is 21.6 Å². The normalized spacial score (nSPS) is 20.8.